The molecule has 2 N–H and O–H groups in total. The Bertz CT molecular complexity index is 411. The Labute approximate surface area is 101 Å². The summed E-state index contributed by atoms with van der Waals surface area (Å²) in [5, 5.41) is 12.9. The third kappa shape index (κ3) is 2.77. The number of carbonyl (C=O) groups excluding carboxylic acids is 1. The lowest BCUT2D eigenvalue weighted by atomic mass is 9.97. The number of rotatable bonds is 3. The maximum absolute atomic E-state index is 11.4. The van der Waals surface area contributed by atoms with Crippen LogP contribution in [0.5, 0.6) is 5.75 Å². The van der Waals surface area contributed by atoms with Crippen molar-refractivity contribution in [3.8, 4) is 5.75 Å². The molecule has 0 spiro atoms. The van der Waals surface area contributed by atoms with E-state index in [0.717, 1.165) is 31.5 Å². The van der Waals surface area contributed by atoms with Gasteiger partial charge in [0.1, 0.15) is 11.3 Å². The highest BCUT2D eigenvalue weighted by Gasteiger charge is 2.17. The van der Waals surface area contributed by atoms with Crippen LogP contribution in [0.15, 0.2) is 18.2 Å². The largest absolute Gasteiger partial charge is 0.507 e. The first-order chi connectivity index (χ1) is 8.20. The highest BCUT2D eigenvalue weighted by molar-refractivity contribution is 5.92. The SMILES string of the molecule is COC(=O)c1cc(CC2CCNC2)ccc1O. The van der Waals surface area contributed by atoms with Crippen molar-refractivity contribution in [2.45, 2.75) is 12.8 Å². The van der Waals surface area contributed by atoms with Gasteiger partial charge in [-0.3, -0.25) is 0 Å². The summed E-state index contributed by atoms with van der Waals surface area (Å²) in [6.45, 7) is 2.08. The van der Waals surface area contributed by atoms with Crippen LogP contribution in [0.25, 0.3) is 0 Å². The fourth-order valence-electron chi connectivity index (χ4n) is 2.21. The lowest BCUT2D eigenvalue weighted by Gasteiger charge is -2.10. The molecule has 1 aromatic rings. The molecule has 1 unspecified atom stereocenters. The van der Waals surface area contributed by atoms with E-state index in [4.69, 9.17) is 0 Å². The van der Waals surface area contributed by atoms with Crippen molar-refractivity contribution in [1.29, 1.82) is 0 Å². The van der Waals surface area contributed by atoms with E-state index >= 15 is 0 Å². The summed E-state index contributed by atoms with van der Waals surface area (Å²) in [5.41, 5.74) is 1.31. The summed E-state index contributed by atoms with van der Waals surface area (Å²) in [7, 11) is 1.31. The van der Waals surface area contributed by atoms with Gasteiger partial charge in [0, 0.05) is 0 Å². The second-order valence-corrected chi connectivity index (χ2v) is 4.41. The topological polar surface area (TPSA) is 58.6 Å². The minimum Gasteiger partial charge on any atom is -0.507 e. The number of aromatic hydroxyl groups is 1. The molecule has 0 aromatic heterocycles. The van der Waals surface area contributed by atoms with Gasteiger partial charge in [-0.05, 0) is 49.5 Å². The molecule has 1 aliphatic rings. The molecule has 1 atom stereocenters. The van der Waals surface area contributed by atoms with Crippen LogP contribution >= 0.6 is 0 Å². The second-order valence-electron chi connectivity index (χ2n) is 4.41. The summed E-state index contributed by atoms with van der Waals surface area (Å²) < 4.78 is 4.63. The maximum atomic E-state index is 11.4. The summed E-state index contributed by atoms with van der Waals surface area (Å²) in [4.78, 5) is 11.4. The third-order valence-electron chi connectivity index (χ3n) is 3.15. The predicted octanol–water partition coefficient (Wildman–Crippen LogP) is 1.33. The molecule has 0 aliphatic carbocycles. The molecule has 0 amide bonds. The summed E-state index contributed by atoms with van der Waals surface area (Å²) in [5.74, 6) is 0.101. The summed E-state index contributed by atoms with van der Waals surface area (Å²) in [6.07, 6.45) is 2.09. The molecule has 1 saturated heterocycles. The first-order valence-corrected chi connectivity index (χ1v) is 5.81. The molecule has 1 heterocycles. The first kappa shape index (κ1) is 11.9. The minimum absolute atomic E-state index is 0.0230. The molecular weight excluding hydrogens is 218 g/mol. The van der Waals surface area contributed by atoms with Crippen molar-refractivity contribution in [2.75, 3.05) is 20.2 Å². The van der Waals surface area contributed by atoms with Gasteiger partial charge in [0.25, 0.3) is 0 Å². The van der Waals surface area contributed by atoms with Crippen molar-refractivity contribution in [3.05, 3.63) is 29.3 Å². The molecule has 2 rings (SSSR count). The van der Waals surface area contributed by atoms with E-state index in [1.807, 2.05) is 6.07 Å². The van der Waals surface area contributed by atoms with Crippen LogP contribution in [-0.4, -0.2) is 31.3 Å². The molecule has 0 radical (unpaired) electrons. The normalized spacial score (nSPS) is 19.2. The highest BCUT2D eigenvalue weighted by Crippen LogP contribution is 2.22. The van der Waals surface area contributed by atoms with Gasteiger partial charge in [0.2, 0.25) is 0 Å². The molecule has 0 saturated carbocycles. The highest BCUT2D eigenvalue weighted by atomic mass is 16.5. The molecule has 1 aromatic carbocycles. The van der Waals surface area contributed by atoms with Crippen LogP contribution in [-0.2, 0) is 11.2 Å². The predicted molar refractivity (Wildman–Crippen MR) is 64.1 cm³/mol. The van der Waals surface area contributed by atoms with Crippen molar-refractivity contribution < 1.29 is 14.6 Å². The smallest absolute Gasteiger partial charge is 0.341 e. The molecule has 1 aliphatic heterocycles. The Hall–Kier alpha value is -1.55. The molecule has 92 valence electrons. The number of benzene rings is 1. The number of esters is 1. The number of hydrogen-bond donors (Lipinski definition) is 2. The average Bonchev–Trinajstić information content (AvgIpc) is 2.83. The van der Waals surface area contributed by atoms with Crippen LogP contribution < -0.4 is 5.32 Å². The molecular formula is C13H17NO3. The van der Waals surface area contributed by atoms with Crippen molar-refractivity contribution >= 4 is 5.97 Å². The fourth-order valence-corrected chi connectivity index (χ4v) is 2.21. The van der Waals surface area contributed by atoms with Crippen LogP contribution in [0.1, 0.15) is 22.3 Å². The Morgan fingerprint density at radius 1 is 1.59 bits per heavy atom. The number of nitrogens with one attached hydrogen (secondary N) is 1. The van der Waals surface area contributed by atoms with Crippen molar-refractivity contribution in [1.82, 2.24) is 5.32 Å². The van der Waals surface area contributed by atoms with Gasteiger partial charge in [-0.2, -0.15) is 0 Å². The van der Waals surface area contributed by atoms with E-state index in [9.17, 15) is 9.90 Å². The van der Waals surface area contributed by atoms with Crippen LogP contribution in [0.2, 0.25) is 0 Å². The van der Waals surface area contributed by atoms with Gasteiger partial charge in [-0.1, -0.05) is 6.07 Å². The number of hydrogen-bond acceptors (Lipinski definition) is 4. The van der Waals surface area contributed by atoms with E-state index in [1.165, 1.54) is 7.11 Å². The van der Waals surface area contributed by atoms with E-state index in [0.29, 0.717) is 5.92 Å². The Morgan fingerprint density at radius 2 is 2.41 bits per heavy atom. The number of methoxy groups -OCH3 is 1. The fraction of sp³-hybridized carbons (Fsp3) is 0.462. The standard InChI is InChI=1S/C13H17NO3/c1-17-13(16)11-7-9(2-3-12(11)15)6-10-4-5-14-8-10/h2-3,7,10,14-15H,4-6,8H2,1H3. The van der Waals surface area contributed by atoms with Gasteiger partial charge in [-0.25, -0.2) is 4.79 Å². The van der Waals surface area contributed by atoms with Gasteiger partial charge >= 0.3 is 5.97 Å². The number of carbonyl (C=O) groups is 1. The van der Waals surface area contributed by atoms with Crippen LogP contribution in [0.4, 0.5) is 0 Å². The van der Waals surface area contributed by atoms with E-state index < -0.39 is 5.97 Å². The zero-order valence-corrected chi connectivity index (χ0v) is 9.90. The van der Waals surface area contributed by atoms with Crippen LogP contribution in [0, 0.1) is 5.92 Å². The number of phenols is 1. The van der Waals surface area contributed by atoms with Crippen LogP contribution in [0.3, 0.4) is 0 Å². The van der Waals surface area contributed by atoms with E-state index in [-0.39, 0.29) is 11.3 Å². The maximum Gasteiger partial charge on any atom is 0.341 e. The molecule has 4 nitrogen and oxygen atoms in total. The monoisotopic (exact) mass is 235 g/mol. The van der Waals surface area contributed by atoms with Gasteiger partial charge in [0.15, 0.2) is 0 Å². The quantitative estimate of drug-likeness (QED) is 0.776. The second kappa shape index (κ2) is 5.19. The molecule has 4 heteroatoms. The van der Waals surface area contributed by atoms with Gasteiger partial charge in [-0.15, -0.1) is 0 Å². The Kier molecular flexibility index (Phi) is 3.64. The average molecular weight is 235 g/mol. The van der Waals surface area contributed by atoms with Crippen molar-refractivity contribution in [2.24, 2.45) is 5.92 Å². The zero-order valence-electron chi connectivity index (χ0n) is 9.90. The molecule has 1 fully saturated rings. The number of ether oxygens (including phenoxy) is 1. The third-order valence-corrected chi connectivity index (χ3v) is 3.15. The first-order valence-electron chi connectivity index (χ1n) is 5.81. The Balaban J connectivity index is 2.15. The Morgan fingerprint density at radius 3 is 3.06 bits per heavy atom. The van der Waals surface area contributed by atoms with Gasteiger partial charge in [0.05, 0.1) is 7.11 Å². The number of phenolic OH excluding ortho intramolecular Hbond substituents is 1. The minimum atomic E-state index is -0.492. The molecule has 17 heavy (non-hydrogen) atoms. The van der Waals surface area contributed by atoms with Crippen molar-refractivity contribution in [3.63, 3.8) is 0 Å². The zero-order chi connectivity index (χ0) is 12.3. The van der Waals surface area contributed by atoms with Gasteiger partial charge < -0.3 is 15.2 Å². The summed E-state index contributed by atoms with van der Waals surface area (Å²) in [6, 6.07) is 5.14. The molecule has 0 bridgehead atoms. The van der Waals surface area contributed by atoms with E-state index in [2.05, 4.69) is 10.1 Å². The summed E-state index contributed by atoms with van der Waals surface area (Å²) >= 11 is 0. The lowest BCUT2D eigenvalue weighted by molar-refractivity contribution is 0.0597. The van der Waals surface area contributed by atoms with E-state index in [1.54, 1.807) is 12.1 Å². The lowest BCUT2D eigenvalue weighted by Crippen LogP contribution is -2.11.